The minimum absolute atomic E-state index is 0.248. The number of hydrogen-bond donors (Lipinski definition) is 1. The second-order valence-corrected chi connectivity index (χ2v) is 6.09. The van der Waals surface area contributed by atoms with Gasteiger partial charge in [-0.15, -0.1) is 0 Å². The SMILES string of the molecule is O=C(Nc1ccc(C#Cc2ccccc2)cc1)c1ccc(Cl)c(Cl)c1. The van der Waals surface area contributed by atoms with Crippen molar-refractivity contribution in [2.24, 2.45) is 0 Å². The third-order valence-corrected chi connectivity index (χ3v) is 4.19. The monoisotopic (exact) mass is 365 g/mol. The number of benzene rings is 3. The second kappa shape index (κ2) is 7.90. The van der Waals surface area contributed by atoms with Gasteiger partial charge in [-0.3, -0.25) is 4.79 Å². The summed E-state index contributed by atoms with van der Waals surface area (Å²) in [5.74, 6) is 5.94. The molecule has 3 aromatic carbocycles. The van der Waals surface area contributed by atoms with Crippen LogP contribution in [0.25, 0.3) is 0 Å². The Balaban J connectivity index is 1.69. The summed E-state index contributed by atoms with van der Waals surface area (Å²) in [6, 6.07) is 21.9. The first-order chi connectivity index (χ1) is 12.1. The van der Waals surface area contributed by atoms with E-state index in [2.05, 4.69) is 17.2 Å². The highest BCUT2D eigenvalue weighted by Crippen LogP contribution is 2.23. The van der Waals surface area contributed by atoms with E-state index in [-0.39, 0.29) is 5.91 Å². The van der Waals surface area contributed by atoms with E-state index >= 15 is 0 Å². The Labute approximate surface area is 156 Å². The molecule has 0 fully saturated rings. The summed E-state index contributed by atoms with van der Waals surface area (Å²) in [6.07, 6.45) is 0. The molecule has 3 rings (SSSR count). The van der Waals surface area contributed by atoms with Crippen LogP contribution in [-0.4, -0.2) is 5.91 Å². The van der Waals surface area contributed by atoms with Gasteiger partial charge in [0.2, 0.25) is 0 Å². The van der Waals surface area contributed by atoms with Crippen LogP contribution in [0.3, 0.4) is 0 Å². The van der Waals surface area contributed by atoms with Crippen molar-refractivity contribution >= 4 is 34.8 Å². The zero-order valence-electron chi connectivity index (χ0n) is 13.1. The van der Waals surface area contributed by atoms with Crippen LogP contribution >= 0.6 is 23.2 Å². The summed E-state index contributed by atoms with van der Waals surface area (Å²) in [5.41, 5.74) is 2.96. The number of nitrogens with one attached hydrogen (secondary N) is 1. The molecule has 122 valence electrons. The molecule has 0 atom stereocenters. The van der Waals surface area contributed by atoms with Crippen molar-refractivity contribution in [3.8, 4) is 11.8 Å². The van der Waals surface area contributed by atoms with Crippen LogP contribution in [-0.2, 0) is 0 Å². The van der Waals surface area contributed by atoms with Gasteiger partial charge >= 0.3 is 0 Å². The van der Waals surface area contributed by atoms with Crippen molar-refractivity contribution < 1.29 is 4.79 Å². The molecular weight excluding hydrogens is 353 g/mol. The van der Waals surface area contributed by atoms with Crippen molar-refractivity contribution in [2.45, 2.75) is 0 Å². The Morgan fingerprint density at radius 2 is 1.40 bits per heavy atom. The van der Waals surface area contributed by atoms with Crippen molar-refractivity contribution in [3.63, 3.8) is 0 Å². The van der Waals surface area contributed by atoms with Gasteiger partial charge in [0.25, 0.3) is 5.91 Å². The molecule has 0 aromatic heterocycles. The van der Waals surface area contributed by atoms with Gasteiger partial charge in [0.05, 0.1) is 10.0 Å². The van der Waals surface area contributed by atoms with Crippen molar-refractivity contribution in [2.75, 3.05) is 5.32 Å². The number of hydrogen-bond acceptors (Lipinski definition) is 1. The van der Waals surface area contributed by atoms with Crippen LogP contribution in [0.1, 0.15) is 21.5 Å². The molecule has 0 saturated heterocycles. The van der Waals surface area contributed by atoms with Crippen molar-refractivity contribution in [1.82, 2.24) is 0 Å². The summed E-state index contributed by atoms with van der Waals surface area (Å²) in [4.78, 5) is 12.2. The third kappa shape index (κ3) is 4.64. The first kappa shape index (κ1) is 17.1. The number of carbonyl (C=O) groups excluding carboxylic acids is 1. The summed E-state index contributed by atoms with van der Waals surface area (Å²) >= 11 is 11.8. The zero-order valence-corrected chi connectivity index (χ0v) is 14.6. The standard InChI is InChI=1S/C21H13Cl2NO/c22-19-13-10-17(14-20(19)23)21(25)24-18-11-8-16(9-12-18)7-6-15-4-2-1-3-5-15/h1-5,8-14H,(H,24,25). The van der Waals surface area contributed by atoms with Gasteiger partial charge < -0.3 is 5.32 Å². The van der Waals surface area contributed by atoms with Crippen LogP contribution in [0.4, 0.5) is 5.69 Å². The van der Waals surface area contributed by atoms with Gasteiger partial charge in [-0.05, 0) is 54.6 Å². The molecule has 0 aliphatic heterocycles. The lowest BCUT2D eigenvalue weighted by Gasteiger charge is -2.06. The Morgan fingerprint density at radius 3 is 2.04 bits per heavy atom. The maximum atomic E-state index is 12.2. The third-order valence-electron chi connectivity index (χ3n) is 3.45. The fraction of sp³-hybridized carbons (Fsp3) is 0. The van der Waals surface area contributed by atoms with E-state index in [1.807, 2.05) is 54.6 Å². The van der Waals surface area contributed by atoms with E-state index in [1.54, 1.807) is 18.2 Å². The summed E-state index contributed by atoms with van der Waals surface area (Å²) in [6.45, 7) is 0. The Morgan fingerprint density at radius 1 is 0.760 bits per heavy atom. The summed E-state index contributed by atoms with van der Waals surface area (Å²) in [5, 5.41) is 3.58. The van der Waals surface area contributed by atoms with Gasteiger partial charge in [0.15, 0.2) is 0 Å². The molecule has 0 radical (unpaired) electrons. The highest BCUT2D eigenvalue weighted by molar-refractivity contribution is 6.42. The number of halogens is 2. The van der Waals surface area contributed by atoms with E-state index in [9.17, 15) is 4.79 Å². The number of anilines is 1. The van der Waals surface area contributed by atoms with Crippen LogP contribution in [0, 0.1) is 11.8 Å². The fourth-order valence-corrected chi connectivity index (χ4v) is 2.44. The lowest BCUT2D eigenvalue weighted by Crippen LogP contribution is -2.11. The van der Waals surface area contributed by atoms with Crippen LogP contribution < -0.4 is 5.32 Å². The van der Waals surface area contributed by atoms with E-state index in [0.29, 0.717) is 21.3 Å². The van der Waals surface area contributed by atoms with E-state index in [1.165, 1.54) is 0 Å². The lowest BCUT2D eigenvalue weighted by molar-refractivity contribution is 0.102. The minimum atomic E-state index is -0.248. The van der Waals surface area contributed by atoms with Gasteiger partial charge in [-0.2, -0.15) is 0 Å². The maximum Gasteiger partial charge on any atom is 0.255 e. The molecule has 4 heteroatoms. The molecule has 0 aliphatic carbocycles. The first-order valence-corrected chi connectivity index (χ1v) is 8.31. The predicted octanol–water partition coefficient (Wildman–Crippen LogP) is 5.65. The van der Waals surface area contributed by atoms with Crippen LogP contribution in [0.15, 0.2) is 72.8 Å². The maximum absolute atomic E-state index is 12.2. The smallest absolute Gasteiger partial charge is 0.255 e. The second-order valence-electron chi connectivity index (χ2n) is 5.28. The van der Waals surface area contributed by atoms with Crippen LogP contribution in [0.2, 0.25) is 10.0 Å². The van der Waals surface area contributed by atoms with Crippen molar-refractivity contribution in [3.05, 3.63) is 99.5 Å². The molecule has 1 N–H and O–H groups in total. The molecule has 0 unspecified atom stereocenters. The van der Waals surface area contributed by atoms with Crippen molar-refractivity contribution in [1.29, 1.82) is 0 Å². The first-order valence-electron chi connectivity index (χ1n) is 7.55. The molecule has 3 aromatic rings. The zero-order chi connectivity index (χ0) is 17.6. The lowest BCUT2D eigenvalue weighted by atomic mass is 10.1. The number of amides is 1. The normalized spacial score (nSPS) is 9.84. The van der Waals surface area contributed by atoms with E-state index in [0.717, 1.165) is 11.1 Å². The summed E-state index contributed by atoms with van der Waals surface area (Å²) in [7, 11) is 0. The summed E-state index contributed by atoms with van der Waals surface area (Å²) < 4.78 is 0. The van der Waals surface area contributed by atoms with Gasteiger partial charge in [0.1, 0.15) is 0 Å². The Kier molecular flexibility index (Phi) is 5.40. The molecule has 1 amide bonds. The molecule has 0 spiro atoms. The quantitative estimate of drug-likeness (QED) is 0.584. The molecule has 0 saturated carbocycles. The van der Waals surface area contributed by atoms with Gasteiger partial charge in [0, 0.05) is 22.4 Å². The van der Waals surface area contributed by atoms with Gasteiger partial charge in [-0.1, -0.05) is 53.2 Å². The van der Waals surface area contributed by atoms with E-state index in [4.69, 9.17) is 23.2 Å². The largest absolute Gasteiger partial charge is 0.322 e. The predicted molar refractivity (Wildman–Crippen MR) is 103 cm³/mol. The minimum Gasteiger partial charge on any atom is -0.322 e. The Bertz CT molecular complexity index is 955. The van der Waals surface area contributed by atoms with E-state index < -0.39 is 0 Å². The molecule has 0 bridgehead atoms. The molecular formula is C21H13Cl2NO. The number of carbonyl (C=O) groups is 1. The number of rotatable bonds is 2. The Hall–Kier alpha value is -2.73. The topological polar surface area (TPSA) is 29.1 Å². The van der Waals surface area contributed by atoms with Crippen LogP contribution in [0.5, 0.6) is 0 Å². The van der Waals surface area contributed by atoms with Gasteiger partial charge in [-0.25, -0.2) is 0 Å². The molecule has 2 nitrogen and oxygen atoms in total. The fourth-order valence-electron chi connectivity index (χ4n) is 2.14. The molecule has 0 aliphatic rings. The molecule has 0 heterocycles. The molecule has 25 heavy (non-hydrogen) atoms. The highest BCUT2D eigenvalue weighted by atomic mass is 35.5. The highest BCUT2D eigenvalue weighted by Gasteiger charge is 2.08. The average molecular weight is 366 g/mol. The average Bonchev–Trinajstić information content (AvgIpc) is 2.64.